The molecule has 1 saturated heterocycles. The van der Waals surface area contributed by atoms with Crippen molar-refractivity contribution < 1.29 is 17.9 Å². The molecule has 0 saturated carbocycles. The quantitative estimate of drug-likeness (QED) is 0.833. The molecule has 0 amide bonds. The van der Waals surface area contributed by atoms with Crippen molar-refractivity contribution in [3.05, 3.63) is 41.6 Å². The molecule has 2 aliphatic rings. The first-order valence-corrected chi connectivity index (χ1v) is 8.41. The van der Waals surface area contributed by atoms with E-state index in [0.717, 1.165) is 36.1 Å². The van der Waals surface area contributed by atoms with Crippen molar-refractivity contribution in [1.29, 1.82) is 0 Å². The van der Waals surface area contributed by atoms with E-state index < -0.39 is 12.3 Å². The van der Waals surface area contributed by atoms with E-state index in [1.807, 2.05) is 30.3 Å². The summed E-state index contributed by atoms with van der Waals surface area (Å²) in [5, 5.41) is 0. The molecule has 1 aromatic heterocycles. The minimum atomic E-state index is -4.36. The van der Waals surface area contributed by atoms with Gasteiger partial charge in [-0.3, -0.25) is 0 Å². The average molecular weight is 349 g/mol. The van der Waals surface area contributed by atoms with E-state index in [2.05, 4.69) is 9.97 Å². The summed E-state index contributed by atoms with van der Waals surface area (Å²) in [5.41, 5.74) is 2.82. The number of alkyl halides is 3. The van der Waals surface area contributed by atoms with Gasteiger partial charge in [-0.25, -0.2) is 9.97 Å². The fourth-order valence-electron chi connectivity index (χ4n) is 3.43. The van der Waals surface area contributed by atoms with E-state index in [4.69, 9.17) is 4.74 Å². The Bertz CT molecular complexity index is 764. The Labute approximate surface area is 143 Å². The summed E-state index contributed by atoms with van der Waals surface area (Å²) in [5.74, 6) is 1.21. The summed E-state index contributed by atoms with van der Waals surface area (Å²) in [6.45, 7) is 0.231. The van der Waals surface area contributed by atoms with Crippen molar-refractivity contribution in [1.82, 2.24) is 9.97 Å². The molecule has 2 aromatic rings. The van der Waals surface area contributed by atoms with Gasteiger partial charge in [0.05, 0.1) is 13.2 Å². The van der Waals surface area contributed by atoms with E-state index in [0.29, 0.717) is 18.2 Å². The second-order valence-electron chi connectivity index (χ2n) is 6.36. The minimum Gasteiger partial charge on any atom is -0.365 e. The van der Waals surface area contributed by atoms with Gasteiger partial charge in [0, 0.05) is 23.4 Å². The molecule has 1 fully saturated rings. The first-order valence-electron chi connectivity index (χ1n) is 8.41. The van der Waals surface area contributed by atoms with Gasteiger partial charge >= 0.3 is 6.18 Å². The van der Waals surface area contributed by atoms with Crippen LogP contribution in [0.5, 0.6) is 0 Å². The standard InChI is InChI=1S/C18H18F3N3O/c19-18(20,21)15-11-24(9-10-25-15)17-13-7-4-8-14(13)22-16(23-17)12-5-2-1-3-6-12/h1-3,5-6,15H,4,7-11H2. The number of ether oxygens (including phenoxy) is 1. The lowest BCUT2D eigenvalue weighted by Gasteiger charge is -2.35. The highest BCUT2D eigenvalue weighted by atomic mass is 19.4. The minimum absolute atomic E-state index is 0.0453. The summed E-state index contributed by atoms with van der Waals surface area (Å²) >= 11 is 0. The highest BCUT2D eigenvalue weighted by Gasteiger charge is 2.44. The summed E-state index contributed by atoms with van der Waals surface area (Å²) in [4.78, 5) is 11.0. The lowest BCUT2D eigenvalue weighted by atomic mass is 10.1. The van der Waals surface area contributed by atoms with Crippen molar-refractivity contribution in [2.45, 2.75) is 31.5 Å². The van der Waals surface area contributed by atoms with E-state index in [-0.39, 0.29) is 13.2 Å². The molecular weight excluding hydrogens is 331 g/mol. The van der Waals surface area contributed by atoms with Gasteiger partial charge in [0.25, 0.3) is 0 Å². The van der Waals surface area contributed by atoms with E-state index in [1.165, 1.54) is 0 Å². The van der Waals surface area contributed by atoms with Gasteiger partial charge in [0.15, 0.2) is 11.9 Å². The van der Waals surface area contributed by atoms with Crippen LogP contribution in [-0.2, 0) is 17.6 Å². The number of aryl methyl sites for hydroxylation is 1. The summed E-state index contributed by atoms with van der Waals surface area (Å²) in [6.07, 6.45) is -3.52. The largest absolute Gasteiger partial charge is 0.416 e. The van der Waals surface area contributed by atoms with Gasteiger partial charge < -0.3 is 9.64 Å². The summed E-state index contributed by atoms with van der Waals surface area (Å²) < 4.78 is 44.1. The first kappa shape index (κ1) is 16.3. The van der Waals surface area contributed by atoms with Crippen LogP contribution in [-0.4, -0.2) is 41.9 Å². The Morgan fingerprint density at radius 2 is 1.88 bits per heavy atom. The van der Waals surface area contributed by atoms with E-state index in [9.17, 15) is 13.2 Å². The van der Waals surface area contributed by atoms with Crippen LogP contribution in [0.3, 0.4) is 0 Å². The van der Waals surface area contributed by atoms with Gasteiger partial charge in [0.2, 0.25) is 0 Å². The van der Waals surface area contributed by atoms with E-state index in [1.54, 1.807) is 4.90 Å². The van der Waals surface area contributed by atoms with Crippen LogP contribution in [0.15, 0.2) is 30.3 Å². The van der Waals surface area contributed by atoms with Crippen LogP contribution >= 0.6 is 0 Å². The third-order valence-electron chi connectivity index (χ3n) is 4.67. The van der Waals surface area contributed by atoms with Gasteiger partial charge in [-0.05, 0) is 19.3 Å². The van der Waals surface area contributed by atoms with Crippen LogP contribution in [0.25, 0.3) is 11.4 Å². The summed E-state index contributed by atoms with van der Waals surface area (Å²) in [6, 6.07) is 9.55. The van der Waals surface area contributed by atoms with Gasteiger partial charge in [0.1, 0.15) is 5.82 Å². The van der Waals surface area contributed by atoms with Gasteiger partial charge in [-0.2, -0.15) is 13.2 Å². The molecule has 132 valence electrons. The molecule has 25 heavy (non-hydrogen) atoms. The number of hydrogen-bond donors (Lipinski definition) is 0. The Hall–Kier alpha value is -2.15. The molecule has 1 aromatic carbocycles. The summed E-state index contributed by atoms with van der Waals surface area (Å²) in [7, 11) is 0. The Morgan fingerprint density at radius 1 is 1.08 bits per heavy atom. The van der Waals surface area contributed by atoms with Gasteiger partial charge in [-0.1, -0.05) is 30.3 Å². The van der Waals surface area contributed by atoms with Crippen LogP contribution < -0.4 is 4.90 Å². The molecule has 0 bridgehead atoms. The van der Waals surface area contributed by atoms with Crippen molar-refractivity contribution in [2.24, 2.45) is 0 Å². The number of rotatable bonds is 2. The topological polar surface area (TPSA) is 38.2 Å². The zero-order chi connectivity index (χ0) is 17.4. The highest BCUT2D eigenvalue weighted by molar-refractivity contribution is 5.61. The second-order valence-corrected chi connectivity index (χ2v) is 6.36. The molecule has 0 spiro atoms. The predicted octanol–water partition coefficient (Wildman–Crippen LogP) is 3.40. The first-order chi connectivity index (χ1) is 12.0. The predicted molar refractivity (Wildman–Crippen MR) is 87.5 cm³/mol. The molecule has 1 aliphatic carbocycles. The monoisotopic (exact) mass is 349 g/mol. The molecule has 2 heterocycles. The second kappa shape index (κ2) is 6.29. The number of benzene rings is 1. The number of morpholine rings is 1. The van der Waals surface area contributed by atoms with Crippen LogP contribution in [0.2, 0.25) is 0 Å². The van der Waals surface area contributed by atoms with Crippen molar-refractivity contribution in [2.75, 3.05) is 24.6 Å². The maximum Gasteiger partial charge on any atom is 0.416 e. The number of fused-ring (bicyclic) bond motifs is 1. The molecule has 0 N–H and O–H groups in total. The van der Waals surface area contributed by atoms with Crippen molar-refractivity contribution >= 4 is 5.82 Å². The number of nitrogens with zero attached hydrogens (tertiary/aromatic N) is 3. The van der Waals surface area contributed by atoms with Crippen molar-refractivity contribution in [3.63, 3.8) is 0 Å². The Morgan fingerprint density at radius 3 is 2.64 bits per heavy atom. The Kier molecular flexibility index (Phi) is 4.11. The average Bonchev–Trinajstić information content (AvgIpc) is 3.09. The maximum absolute atomic E-state index is 13.1. The molecule has 1 atom stereocenters. The highest BCUT2D eigenvalue weighted by Crippen LogP contribution is 2.34. The maximum atomic E-state index is 13.1. The lowest BCUT2D eigenvalue weighted by Crippen LogP contribution is -2.49. The number of aromatic nitrogens is 2. The zero-order valence-corrected chi connectivity index (χ0v) is 13.6. The SMILES string of the molecule is FC(F)(F)C1CN(c2nc(-c3ccccc3)nc3c2CCC3)CCO1. The molecule has 1 unspecified atom stereocenters. The van der Waals surface area contributed by atoms with Gasteiger partial charge in [-0.15, -0.1) is 0 Å². The van der Waals surface area contributed by atoms with Crippen molar-refractivity contribution in [3.8, 4) is 11.4 Å². The molecule has 1 aliphatic heterocycles. The Balaban J connectivity index is 1.73. The zero-order valence-electron chi connectivity index (χ0n) is 13.6. The number of anilines is 1. The molecule has 4 nitrogen and oxygen atoms in total. The van der Waals surface area contributed by atoms with Crippen LogP contribution in [0.4, 0.5) is 19.0 Å². The molecule has 4 rings (SSSR count). The van der Waals surface area contributed by atoms with E-state index >= 15 is 0 Å². The molecule has 7 heteroatoms. The fraction of sp³-hybridized carbons (Fsp3) is 0.444. The smallest absolute Gasteiger partial charge is 0.365 e. The lowest BCUT2D eigenvalue weighted by molar-refractivity contribution is -0.221. The van der Waals surface area contributed by atoms with Crippen LogP contribution in [0.1, 0.15) is 17.7 Å². The normalized spacial score (nSPS) is 20.6. The van der Waals surface area contributed by atoms with Crippen LogP contribution in [0, 0.1) is 0 Å². The molecule has 0 radical (unpaired) electrons. The third-order valence-corrected chi connectivity index (χ3v) is 4.67. The number of hydrogen-bond acceptors (Lipinski definition) is 4. The molecular formula is C18H18F3N3O. The fourth-order valence-corrected chi connectivity index (χ4v) is 3.43. The third kappa shape index (κ3) is 3.20. The number of halogens is 3.